The molecule has 0 bridgehead atoms. The zero-order valence-corrected chi connectivity index (χ0v) is 18.3. The molecular weight excluding hydrogens is 460 g/mol. The summed E-state index contributed by atoms with van der Waals surface area (Å²) in [6, 6.07) is 11.5. The first kappa shape index (κ1) is 20.0. The fourth-order valence-corrected chi connectivity index (χ4v) is 4.26. The number of piperidine rings is 1. The Balaban J connectivity index is 1.57. The quantitative estimate of drug-likeness (QED) is 0.457. The smallest absolute Gasteiger partial charge is 0.420 e. The first-order valence-corrected chi connectivity index (χ1v) is 11.0. The average Bonchev–Trinajstić information content (AvgIpc) is 3.13. The predicted molar refractivity (Wildman–Crippen MR) is 121 cm³/mol. The highest BCUT2D eigenvalue weighted by Crippen LogP contribution is 2.36. The minimum Gasteiger partial charge on any atom is -0.488 e. The minimum atomic E-state index is -0.500. The molecule has 5 rings (SSSR count). The number of fused-ring (bicyclic) bond motifs is 3. The van der Waals surface area contributed by atoms with E-state index in [0.29, 0.717) is 16.9 Å². The summed E-state index contributed by atoms with van der Waals surface area (Å²) in [6.45, 7) is 2.03. The van der Waals surface area contributed by atoms with Crippen molar-refractivity contribution in [3.8, 4) is 5.75 Å². The van der Waals surface area contributed by atoms with Gasteiger partial charge in [-0.1, -0.05) is 30.3 Å². The molecule has 1 saturated heterocycles. The molecule has 1 N–H and O–H groups in total. The van der Waals surface area contributed by atoms with Crippen LogP contribution in [0.2, 0.25) is 0 Å². The first-order valence-electron chi connectivity index (χ1n) is 10.2. The van der Waals surface area contributed by atoms with E-state index in [1.807, 2.05) is 36.4 Å². The van der Waals surface area contributed by atoms with Crippen molar-refractivity contribution in [2.45, 2.75) is 25.6 Å². The molecule has 1 aliphatic rings. The van der Waals surface area contributed by atoms with Crippen LogP contribution < -0.4 is 10.1 Å². The summed E-state index contributed by atoms with van der Waals surface area (Å²) in [5.41, 5.74) is 2.05. The number of aromatic nitrogens is 3. The molecule has 158 valence electrons. The molecule has 0 amide bonds. The first-order chi connectivity index (χ1) is 15.2. The molecule has 1 fully saturated rings. The molecule has 0 spiro atoms. The molecule has 7 nitrogen and oxygen atoms in total. The van der Waals surface area contributed by atoms with Crippen LogP contribution in [0.5, 0.6) is 5.75 Å². The number of ether oxygens (including phenoxy) is 2. The normalized spacial score (nSPS) is 14.7. The van der Waals surface area contributed by atoms with Gasteiger partial charge in [0, 0.05) is 16.1 Å². The van der Waals surface area contributed by atoms with Crippen LogP contribution in [0.3, 0.4) is 0 Å². The Hall–Kier alpha value is -2.97. The lowest BCUT2D eigenvalue weighted by Gasteiger charge is -2.24. The van der Waals surface area contributed by atoms with Crippen molar-refractivity contribution in [3.63, 3.8) is 0 Å². The molecule has 0 saturated carbocycles. The van der Waals surface area contributed by atoms with E-state index >= 15 is 0 Å². The fraction of sp³-hybridized carbons (Fsp3) is 0.261. The Morgan fingerprint density at radius 3 is 2.77 bits per heavy atom. The van der Waals surface area contributed by atoms with E-state index in [1.165, 1.54) is 4.57 Å². The number of rotatable bonds is 4. The van der Waals surface area contributed by atoms with Gasteiger partial charge in [0.2, 0.25) is 0 Å². The van der Waals surface area contributed by atoms with Crippen LogP contribution in [0.4, 0.5) is 4.79 Å². The van der Waals surface area contributed by atoms with Crippen LogP contribution >= 0.6 is 15.9 Å². The maximum atomic E-state index is 13.1. The lowest BCUT2D eigenvalue weighted by Crippen LogP contribution is -2.34. The van der Waals surface area contributed by atoms with E-state index in [9.17, 15) is 4.79 Å². The third-order valence-corrected chi connectivity index (χ3v) is 5.85. The number of pyridine rings is 2. The zero-order chi connectivity index (χ0) is 21.2. The summed E-state index contributed by atoms with van der Waals surface area (Å²) >= 11 is 3.50. The van der Waals surface area contributed by atoms with E-state index in [-0.39, 0.29) is 12.7 Å². The van der Waals surface area contributed by atoms with Gasteiger partial charge in [0.1, 0.15) is 18.5 Å². The molecule has 0 unspecified atom stereocenters. The van der Waals surface area contributed by atoms with Crippen molar-refractivity contribution >= 4 is 44.0 Å². The molecule has 1 aliphatic heterocycles. The maximum absolute atomic E-state index is 13.1. The van der Waals surface area contributed by atoms with Gasteiger partial charge in [-0.2, -0.15) is 0 Å². The number of halogens is 1. The van der Waals surface area contributed by atoms with Gasteiger partial charge >= 0.3 is 6.09 Å². The Morgan fingerprint density at radius 1 is 1.16 bits per heavy atom. The lowest BCUT2D eigenvalue weighted by atomic mass is 10.1. The standard InChI is InChI=1S/C23H21BrN4O3/c24-16-10-18-21-19(12-26-13-20(21)31-17-6-8-25-9-7-17)28(22(18)27-11-16)23(29)30-14-15-4-2-1-3-5-15/h1-5,10-13,17,25H,6-9,14H2. The summed E-state index contributed by atoms with van der Waals surface area (Å²) in [5, 5.41) is 4.97. The highest BCUT2D eigenvalue weighted by Gasteiger charge is 2.23. The van der Waals surface area contributed by atoms with Gasteiger partial charge in [-0.3, -0.25) is 4.98 Å². The van der Waals surface area contributed by atoms with Gasteiger partial charge in [0.25, 0.3) is 0 Å². The topological polar surface area (TPSA) is 78.3 Å². The number of benzene rings is 1. The second-order valence-electron chi connectivity index (χ2n) is 7.50. The van der Waals surface area contributed by atoms with Gasteiger partial charge in [-0.15, -0.1) is 0 Å². The minimum absolute atomic E-state index is 0.109. The van der Waals surface area contributed by atoms with Crippen molar-refractivity contribution in [3.05, 3.63) is 65.0 Å². The number of carbonyl (C=O) groups excluding carboxylic acids is 1. The van der Waals surface area contributed by atoms with Crippen LogP contribution in [0.25, 0.3) is 21.9 Å². The molecule has 1 aromatic carbocycles. The van der Waals surface area contributed by atoms with Crippen molar-refractivity contribution in [1.29, 1.82) is 0 Å². The van der Waals surface area contributed by atoms with Crippen molar-refractivity contribution in [1.82, 2.24) is 19.9 Å². The zero-order valence-electron chi connectivity index (χ0n) is 16.8. The highest BCUT2D eigenvalue weighted by molar-refractivity contribution is 9.10. The lowest BCUT2D eigenvalue weighted by molar-refractivity contribution is 0.143. The third-order valence-electron chi connectivity index (χ3n) is 5.41. The Labute approximate surface area is 187 Å². The van der Waals surface area contributed by atoms with E-state index < -0.39 is 6.09 Å². The maximum Gasteiger partial charge on any atom is 0.420 e. The number of carbonyl (C=O) groups is 1. The number of hydrogen-bond donors (Lipinski definition) is 1. The summed E-state index contributed by atoms with van der Waals surface area (Å²) in [7, 11) is 0. The van der Waals surface area contributed by atoms with E-state index in [0.717, 1.165) is 46.7 Å². The highest BCUT2D eigenvalue weighted by atomic mass is 79.9. The summed E-state index contributed by atoms with van der Waals surface area (Å²) in [4.78, 5) is 22.0. The Morgan fingerprint density at radius 2 is 1.97 bits per heavy atom. The van der Waals surface area contributed by atoms with E-state index in [4.69, 9.17) is 9.47 Å². The summed E-state index contributed by atoms with van der Waals surface area (Å²) in [5.74, 6) is 0.656. The van der Waals surface area contributed by atoms with Gasteiger partial charge in [0.05, 0.1) is 23.3 Å². The van der Waals surface area contributed by atoms with Gasteiger partial charge in [0.15, 0.2) is 5.65 Å². The van der Waals surface area contributed by atoms with Crippen molar-refractivity contribution in [2.24, 2.45) is 0 Å². The van der Waals surface area contributed by atoms with Crippen LogP contribution in [-0.4, -0.2) is 39.8 Å². The number of nitrogens with zero attached hydrogens (tertiary/aromatic N) is 3. The molecule has 0 radical (unpaired) electrons. The number of nitrogens with one attached hydrogen (secondary N) is 1. The monoisotopic (exact) mass is 480 g/mol. The van der Waals surface area contributed by atoms with Gasteiger partial charge < -0.3 is 14.8 Å². The molecule has 0 atom stereocenters. The molecule has 3 aromatic heterocycles. The molecular formula is C23H21BrN4O3. The predicted octanol–water partition coefficient (Wildman–Crippen LogP) is 4.66. The molecule has 4 heterocycles. The second kappa shape index (κ2) is 8.64. The van der Waals surface area contributed by atoms with E-state index in [2.05, 4.69) is 31.2 Å². The number of hydrogen-bond acceptors (Lipinski definition) is 6. The average molecular weight is 481 g/mol. The fourth-order valence-electron chi connectivity index (χ4n) is 3.93. The van der Waals surface area contributed by atoms with Crippen LogP contribution in [-0.2, 0) is 11.3 Å². The van der Waals surface area contributed by atoms with Crippen LogP contribution in [0.15, 0.2) is 59.5 Å². The van der Waals surface area contributed by atoms with Gasteiger partial charge in [-0.25, -0.2) is 14.3 Å². The summed E-state index contributed by atoms with van der Waals surface area (Å²) < 4.78 is 14.2. The molecule has 31 heavy (non-hydrogen) atoms. The molecule has 4 aromatic rings. The Kier molecular flexibility index (Phi) is 5.57. The third kappa shape index (κ3) is 4.00. The molecule has 8 heteroatoms. The van der Waals surface area contributed by atoms with Crippen molar-refractivity contribution < 1.29 is 14.3 Å². The van der Waals surface area contributed by atoms with Crippen LogP contribution in [0.1, 0.15) is 18.4 Å². The van der Waals surface area contributed by atoms with Crippen molar-refractivity contribution in [2.75, 3.05) is 13.1 Å². The summed E-state index contributed by atoms with van der Waals surface area (Å²) in [6.07, 6.45) is 6.50. The largest absolute Gasteiger partial charge is 0.488 e. The van der Waals surface area contributed by atoms with Gasteiger partial charge in [-0.05, 0) is 53.5 Å². The molecule has 0 aliphatic carbocycles. The van der Waals surface area contributed by atoms with Crippen LogP contribution in [0, 0.1) is 0 Å². The van der Waals surface area contributed by atoms with E-state index in [1.54, 1.807) is 18.6 Å². The Bertz CT molecular complexity index is 1240. The second-order valence-corrected chi connectivity index (χ2v) is 8.41. The SMILES string of the molecule is O=C(OCc1ccccc1)n1c2cncc(OC3CCNCC3)c2c2cc(Br)cnc21.